The Hall–Kier alpha value is 0.382. The van der Waals surface area contributed by atoms with Gasteiger partial charge in [-0.05, 0) is 0 Å². The van der Waals surface area contributed by atoms with Crippen LogP contribution in [0.2, 0.25) is 0 Å². The van der Waals surface area contributed by atoms with E-state index in [1.54, 1.807) is 0 Å². The van der Waals surface area contributed by atoms with E-state index in [1.807, 2.05) is 0 Å². The molecule has 6 heteroatoms. The van der Waals surface area contributed by atoms with Crippen molar-refractivity contribution >= 4 is 8.41 Å². The molecule has 0 bridgehead atoms. The van der Waals surface area contributed by atoms with Crippen LogP contribution in [-0.2, 0) is 0 Å². The summed E-state index contributed by atoms with van der Waals surface area (Å²) in [5.74, 6) is 0. The fourth-order valence-electron chi connectivity index (χ4n) is 0. The summed E-state index contributed by atoms with van der Waals surface area (Å²) in [7, 11) is 0. The van der Waals surface area contributed by atoms with Gasteiger partial charge >= 0.3 is 18.9 Å². The molecule has 0 rings (SSSR count). The molecule has 0 amide bonds. The number of hydrogen-bond donors (Lipinski definition) is 0. The van der Waals surface area contributed by atoms with Crippen molar-refractivity contribution in [2.24, 2.45) is 0 Å². The molecule has 0 saturated heterocycles. The van der Waals surface area contributed by atoms with E-state index in [-0.39, 0.29) is 47.5 Å². The molecule has 3 radical (unpaired) electrons. The van der Waals surface area contributed by atoms with Crippen LogP contribution in [0.4, 0.5) is 18.8 Å². The number of hydrogen-bond acceptors (Lipinski definition) is 0. The monoisotopic (exact) mass is 99.1 g/mol. The van der Waals surface area contributed by atoms with Gasteiger partial charge in [0, 0.05) is 8.41 Å². The summed E-state index contributed by atoms with van der Waals surface area (Å²) in [6.45, 7) is 0. The van der Waals surface area contributed by atoms with Gasteiger partial charge in [-0.1, -0.05) is 0 Å². The largest absolute Gasteiger partial charge is 1.00 e. The second-order valence-corrected chi connectivity index (χ2v) is 0. The molecule has 0 unspecified atom stereocenters. The minimum atomic E-state index is 0. The van der Waals surface area contributed by atoms with Gasteiger partial charge in [-0.3, -0.25) is 18.8 Å². The molecule has 6 heavy (non-hydrogen) atoms. The van der Waals surface area contributed by atoms with Crippen molar-refractivity contribution in [3.63, 3.8) is 0 Å². The van der Waals surface area contributed by atoms with Gasteiger partial charge in [-0.25, -0.2) is 0 Å². The van der Waals surface area contributed by atoms with Crippen molar-refractivity contribution in [1.82, 2.24) is 0 Å². The van der Waals surface area contributed by atoms with Gasteiger partial charge in [0.05, 0.1) is 0 Å². The Morgan fingerprint density at radius 3 is 0.667 bits per heavy atom. The van der Waals surface area contributed by atoms with E-state index in [1.165, 1.54) is 0 Å². The van der Waals surface area contributed by atoms with E-state index >= 15 is 0 Å². The minimum Gasteiger partial charge on any atom is -1.00 e. The first-order valence-corrected chi connectivity index (χ1v) is 0. The van der Waals surface area contributed by atoms with Crippen LogP contribution >= 0.6 is 0 Å². The first-order chi connectivity index (χ1) is 0. The van der Waals surface area contributed by atoms with Crippen molar-refractivity contribution in [1.29, 1.82) is 0 Å². The summed E-state index contributed by atoms with van der Waals surface area (Å²) in [5, 5.41) is 0. The van der Waals surface area contributed by atoms with E-state index in [0.717, 1.165) is 0 Å². The summed E-state index contributed by atoms with van der Waals surface area (Å²) < 4.78 is 0. The normalized spacial score (nSPS) is 0. The Balaban J connectivity index is 0. The second-order valence-electron chi connectivity index (χ2n) is 0. The van der Waals surface area contributed by atoms with Gasteiger partial charge in [-0.15, -0.1) is 0 Å². The average Bonchev–Trinajstić information content (AvgIpc) is 0. The zero-order valence-electron chi connectivity index (χ0n) is 4.21. The molecule has 0 fully saturated rings. The van der Waals surface area contributed by atoms with Crippen molar-refractivity contribution in [3.05, 3.63) is 0 Å². The molecular weight excluding hydrogens is 93.7 g/mol. The Morgan fingerprint density at radius 1 is 0.667 bits per heavy atom. The fraction of sp³-hybridized carbons (Fsp3) is 0. The average molecular weight is 98.8 g/mol. The zero-order chi connectivity index (χ0) is 0. The summed E-state index contributed by atoms with van der Waals surface area (Å²) in [6, 6.07) is 0. The third-order valence-electron chi connectivity index (χ3n) is 0. The molecule has 0 aromatic carbocycles. The maximum Gasteiger partial charge on any atom is 1.00 e. The number of halogens is 4. The standard InChI is InChI=1S/B.4FH.Li.H/h;4*1H;;/q;;;;;+1;-1. The SMILES string of the molecule is F.F.F.F.[B].[H-].[Li+]. The Bertz CT molecular complexity index is 11.7. The first kappa shape index (κ1) is 1260. The zero-order valence-corrected chi connectivity index (χ0v) is 3.21. The van der Waals surface area contributed by atoms with Crippen LogP contribution in [0.3, 0.4) is 0 Å². The summed E-state index contributed by atoms with van der Waals surface area (Å²) in [6.07, 6.45) is 0. The van der Waals surface area contributed by atoms with Crippen LogP contribution in [-0.4, -0.2) is 8.41 Å². The number of rotatable bonds is 0. The van der Waals surface area contributed by atoms with E-state index < -0.39 is 0 Å². The van der Waals surface area contributed by atoms with Crippen molar-refractivity contribution in [2.45, 2.75) is 0 Å². The molecule has 0 N–H and O–H groups in total. The van der Waals surface area contributed by atoms with Crippen LogP contribution in [0.5, 0.6) is 0 Å². The van der Waals surface area contributed by atoms with Gasteiger partial charge < -0.3 is 1.43 Å². The molecule has 0 nitrogen and oxygen atoms in total. The van der Waals surface area contributed by atoms with Gasteiger partial charge in [0.1, 0.15) is 0 Å². The molecular formula is H5BF4Li. The van der Waals surface area contributed by atoms with Crippen LogP contribution in [0.1, 0.15) is 1.43 Å². The molecule has 0 aromatic rings. The predicted molar refractivity (Wildman–Crippen MR) is 16.9 cm³/mol. The van der Waals surface area contributed by atoms with Crippen molar-refractivity contribution < 1.29 is 39.1 Å². The fourth-order valence-corrected chi connectivity index (χ4v) is 0. The molecule has 0 aliphatic heterocycles. The van der Waals surface area contributed by atoms with E-state index in [9.17, 15) is 0 Å². The minimum absolute atomic E-state index is 0. The molecule has 0 aliphatic carbocycles. The van der Waals surface area contributed by atoms with Crippen LogP contribution in [0.25, 0.3) is 0 Å². The van der Waals surface area contributed by atoms with Crippen molar-refractivity contribution in [3.8, 4) is 0 Å². The molecule has 0 atom stereocenters. The van der Waals surface area contributed by atoms with E-state index in [2.05, 4.69) is 0 Å². The first-order valence-electron chi connectivity index (χ1n) is 0. The van der Waals surface area contributed by atoms with Crippen molar-refractivity contribution in [2.75, 3.05) is 0 Å². The quantitative estimate of drug-likeness (QED) is 0.229. The molecule has 0 saturated carbocycles. The molecule has 0 spiro atoms. The topological polar surface area (TPSA) is 0 Å². The van der Waals surface area contributed by atoms with Crippen LogP contribution in [0, 0.1) is 0 Å². The second kappa shape index (κ2) is 707. The summed E-state index contributed by atoms with van der Waals surface area (Å²) in [5.41, 5.74) is 0. The summed E-state index contributed by atoms with van der Waals surface area (Å²) in [4.78, 5) is 0. The molecule has 37 valence electrons. The van der Waals surface area contributed by atoms with Gasteiger partial charge in [0.15, 0.2) is 0 Å². The van der Waals surface area contributed by atoms with Crippen LogP contribution in [0.15, 0.2) is 0 Å². The third kappa shape index (κ3) is 343. The molecule has 0 aromatic heterocycles. The Kier molecular flexibility index (Phi) is 149000. The third-order valence-corrected chi connectivity index (χ3v) is 0. The molecule has 0 aliphatic rings. The van der Waals surface area contributed by atoms with Gasteiger partial charge in [-0.2, -0.15) is 0 Å². The predicted octanol–water partition coefficient (Wildman–Crippen LogP) is -2.65. The smallest absolute Gasteiger partial charge is 1.00 e. The maximum atomic E-state index is 0. The Labute approximate surface area is 48.4 Å². The van der Waals surface area contributed by atoms with Gasteiger partial charge in [0.25, 0.3) is 0 Å². The van der Waals surface area contributed by atoms with E-state index in [4.69, 9.17) is 0 Å². The van der Waals surface area contributed by atoms with Crippen LogP contribution < -0.4 is 18.9 Å². The summed E-state index contributed by atoms with van der Waals surface area (Å²) >= 11 is 0. The maximum absolute atomic E-state index is 0. The molecule has 0 heterocycles. The van der Waals surface area contributed by atoms with E-state index in [0.29, 0.717) is 0 Å². The Morgan fingerprint density at radius 2 is 0.667 bits per heavy atom. The van der Waals surface area contributed by atoms with Gasteiger partial charge in [0.2, 0.25) is 0 Å².